The molecule has 1 aromatic heterocycles. The van der Waals surface area contributed by atoms with Crippen molar-refractivity contribution in [3.63, 3.8) is 0 Å². The molecule has 1 N–H and O–H groups in total. The molecule has 0 amide bonds. The Morgan fingerprint density at radius 1 is 0.929 bits per heavy atom. The maximum Gasteiger partial charge on any atom is 0.146 e. The van der Waals surface area contributed by atoms with E-state index in [4.69, 9.17) is 4.74 Å². The molecule has 28 heavy (non-hydrogen) atoms. The first kappa shape index (κ1) is 20.2. The lowest BCUT2D eigenvalue weighted by atomic mass is 9.97. The number of nitrogens with zero attached hydrogens (tertiary/aromatic N) is 3. The SMILES string of the molecule is CCCCCCC(CCC)COc1ccc(-n2nc3ccccc3n2)c(O)c1. The van der Waals surface area contributed by atoms with E-state index in [1.54, 1.807) is 12.1 Å². The van der Waals surface area contributed by atoms with Crippen molar-refractivity contribution >= 4 is 11.0 Å². The molecule has 0 fully saturated rings. The Balaban J connectivity index is 1.62. The van der Waals surface area contributed by atoms with Crippen molar-refractivity contribution in [1.82, 2.24) is 15.0 Å². The van der Waals surface area contributed by atoms with Gasteiger partial charge in [-0.25, -0.2) is 0 Å². The summed E-state index contributed by atoms with van der Waals surface area (Å²) >= 11 is 0. The highest BCUT2D eigenvalue weighted by Crippen LogP contribution is 2.28. The van der Waals surface area contributed by atoms with E-state index in [1.165, 1.54) is 49.7 Å². The minimum atomic E-state index is 0.118. The molecule has 0 saturated carbocycles. The van der Waals surface area contributed by atoms with Gasteiger partial charge in [-0.3, -0.25) is 0 Å². The Bertz CT molecular complexity index is 842. The first-order chi connectivity index (χ1) is 13.7. The van der Waals surface area contributed by atoms with Crippen LogP contribution in [-0.4, -0.2) is 26.7 Å². The van der Waals surface area contributed by atoms with E-state index >= 15 is 0 Å². The monoisotopic (exact) mass is 381 g/mol. The van der Waals surface area contributed by atoms with Crippen LogP contribution in [0.2, 0.25) is 0 Å². The lowest BCUT2D eigenvalue weighted by Crippen LogP contribution is -2.12. The average Bonchev–Trinajstić information content (AvgIpc) is 3.13. The third-order valence-electron chi connectivity index (χ3n) is 5.10. The molecular weight excluding hydrogens is 350 g/mol. The number of hydrogen-bond donors (Lipinski definition) is 1. The van der Waals surface area contributed by atoms with Crippen LogP contribution in [0, 0.1) is 5.92 Å². The van der Waals surface area contributed by atoms with Crippen molar-refractivity contribution in [2.75, 3.05) is 6.61 Å². The first-order valence-corrected chi connectivity index (χ1v) is 10.5. The Morgan fingerprint density at radius 3 is 2.32 bits per heavy atom. The second-order valence-electron chi connectivity index (χ2n) is 7.44. The van der Waals surface area contributed by atoms with Crippen molar-refractivity contribution < 1.29 is 9.84 Å². The molecule has 5 heteroatoms. The fourth-order valence-electron chi connectivity index (χ4n) is 3.52. The van der Waals surface area contributed by atoms with Gasteiger partial charge in [-0.05, 0) is 43.0 Å². The Kier molecular flexibility index (Phi) is 7.29. The normalized spacial score (nSPS) is 12.4. The molecule has 5 nitrogen and oxygen atoms in total. The van der Waals surface area contributed by atoms with Gasteiger partial charge >= 0.3 is 0 Å². The van der Waals surface area contributed by atoms with Crippen LogP contribution in [0.4, 0.5) is 0 Å². The number of hydrogen-bond acceptors (Lipinski definition) is 4. The molecule has 1 heterocycles. The fourth-order valence-corrected chi connectivity index (χ4v) is 3.52. The van der Waals surface area contributed by atoms with Gasteiger partial charge < -0.3 is 9.84 Å². The first-order valence-electron chi connectivity index (χ1n) is 10.5. The topological polar surface area (TPSA) is 60.2 Å². The third-order valence-corrected chi connectivity index (χ3v) is 5.10. The van der Waals surface area contributed by atoms with Gasteiger partial charge in [-0.15, -0.1) is 15.0 Å². The van der Waals surface area contributed by atoms with Crippen molar-refractivity contribution in [2.45, 2.75) is 58.8 Å². The molecule has 0 aliphatic heterocycles. The average molecular weight is 382 g/mol. The molecule has 3 rings (SSSR count). The smallest absolute Gasteiger partial charge is 0.146 e. The standard InChI is InChI=1S/C23H31N3O2/c1-3-5-6-7-11-18(10-4-2)17-28-19-14-15-22(23(27)16-19)26-24-20-12-8-9-13-21(20)25-26/h8-9,12-16,18,27H,3-7,10-11,17H2,1-2H3. The highest BCUT2D eigenvalue weighted by Gasteiger charge is 2.12. The van der Waals surface area contributed by atoms with E-state index in [0.717, 1.165) is 11.0 Å². The van der Waals surface area contributed by atoms with Gasteiger partial charge in [0.2, 0.25) is 0 Å². The Labute approximate surface area is 167 Å². The van der Waals surface area contributed by atoms with E-state index in [1.807, 2.05) is 30.3 Å². The van der Waals surface area contributed by atoms with E-state index in [9.17, 15) is 5.11 Å². The summed E-state index contributed by atoms with van der Waals surface area (Å²) in [6.07, 6.45) is 8.71. The van der Waals surface area contributed by atoms with Crippen LogP contribution >= 0.6 is 0 Å². The number of rotatable bonds is 11. The second-order valence-corrected chi connectivity index (χ2v) is 7.44. The van der Waals surface area contributed by atoms with Crippen LogP contribution in [0.3, 0.4) is 0 Å². The minimum absolute atomic E-state index is 0.118. The molecule has 3 aromatic rings. The Morgan fingerprint density at radius 2 is 1.68 bits per heavy atom. The van der Waals surface area contributed by atoms with Gasteiger partial charge in [0.1, 0.15) is 28.2 Å². The van der Waals surface area contributed by atoms with E-state index in [2.05, 4.69) is 24.0 Å². The van der Waals surface area contributed by atoms with Gasteiger partial charge in [0.05, 0.1) is 6.61 Å². The van der Waals surface area contributed by atoms with Crippen LogP contribution in [0.25, 0.3) is 16.7 Å². The highest BCUT2D eigenvalue weighted by atomic mass is 16.5. The van der Waals surface area contributed by atoms with Crippen LogP contribution in [0.15, 0.2) is 42.5 Å². The molecule has 0 saturated heterocycles. The predicted molar refractivity (Wildman–Crippen MR) is 113 cm³/mol. The van der Waals surface area contributed by atoms with E-state index < -0.39 is 0 Å². The summed E-state index contributed by atoms with van der Waals surface area (Å²) < 4.78 is 6.00. The van der Waals surface area contributed by atoms with Crippen molar-refractivity contribution in [3.8, 4) is 17.2 Å². The molecule has 0 aliphatic carbocycles. The van der Waals surface area contributed by atoms with Gasteiger partial charge in [0.15, 0.2) is 0 Å². The fraction of sp³-hybridized carbons (Fsp3) is 0.478. The molecule has 1 unspecified atom stereocenters. The number of unbranched alkanes of at least 4 members (excludes halogenated alkanes) is 3. The largest absolute Gasteiger partial charge is 0.505 e. The van der Waals surface area contributed by atoms with E-state index in [-0.39, 0.29) is 5.75 Å². The summed E-state index contributed by atoms with van der Waals surface area (Å²) in [5, 5.41) is 19.3. The summed E-state index contributed by atoms with van der Waals surface area (Å²) in [6, 6.07) is 13.0. The zero-order valence-electron chi connectivity index (χ0n) is 17.0. The van der Waals surface area contributed by atoms with Gasteiger partial charge in [-0.2, -0.15) is 0 Å². The molecule has 0 aliphatic rings. The van der Waals surface area contributed by atoms with Crippen molar-refractivity contribution in [1.29, 1.82) is 0 Å². The van der Waals surface area contributed by atoms with Crippen molar-refractivity contribution in [2.24, 2.45) is 5.92 Å². The highest BCUT2D eigenvalue weighted by molar-refractivity contribution is 5.73. The number of aromatic nitrogens is 3. The number of ether oxygens (including phenoxy) is 1. The zero-order valence-corrected chi connectivity index (χ0v) is 17.0. The maximum absolute atomic E-state index is 10.5. The van der Waals surface area contributed by atoms with Crippen LogP contribution in [0.1, 0.15) is 58.8 Å². The maximum atomic E-state index is 10.5. The summed E-state index contributed by atoms with van der Waals surface area (Å²) in [5.74, 6) is 1.38. The summed E-state index contributed by atoms with van der Waals surface area (Å²) in [7, 11) is 0. The predicted octanol–water partition coefficient (Wildman–Crippen LogP) is 5.89. The molecule has 0 bridgehead atoms. The van der Waals surface area contributed by atoms with Crippen molar-refractivity contribution in [3.05, 3.63) is 42.5 Å². The quantitative estimate of drug-likeness (QED) is 0.421. The third kappa shape index (κ3) is 5.24. The number of benzene rings is 2. The number of aromatic hydroxyl groups is 1. The lowest BCUT2D eigenvalue weighted by Gasteiger charge is -2.17. The molecule has 1 atom stereocenters. The minimum Gasteiger partial charge on any atom is -0.505 e. The number of phenols is 1. The zero-order chi connectivity index (χ0) is 19.8. The molecule has 0 spiro atoms. The van der Waals surface area contributed by atoms with Crippen LogP contribution < -0.4 is 4.74 Å². The molecule has 2 aromatic carbocycles. The summed E-state index contributed by atoms with van der Waals surface area (Å²) in [4.78, 5) is 1.47. The number of fused-ring (bicyclic) bond motifs is 1. The molecular formula is C23H31N3O2. The molecule has 150 valence electrons. The Hall–Kier alpha value is -2.56. The lowest BCUT2D eigenvalue weighted by molar-refractivity contribution is 0.226. The van der Waals surface area contributed by atoms with Gasteiger partial charge in [-0.1, -0.05) is 58.1 Å². The van der Waals surface area contributed by atoms with Crippen LogP contribution in [-0.2, 0) is 0 Å². The summed E-state index contributed by atoms with van der Waals surface area (Å²) in [5.41, 5.74) is 2.15. The van der Waals surface area contributed by atoms with Gasteiger partial charge in [0.25, 0.3) is 0 Å². The number of phenolic OH excluding ortho intramolecular Hbond substituents is 1. The van der Waals surface area contributed by atoms with Gasteiger partial charge in [0, 0.05) is 6.07 Å². The van der Waals surface area contributed by atoms with Crippen LogP contribution in [0.5, 0.6) is 11.5 Å². The molecule has 0 radical (unpaired) electrons. The van der Waals surface area contributed by atoms with E-state index in [0.29, 0.717) is 24.0 Å². The summed E-state index contributed by atoms with van der Waals surface area (Å²) in [6.45, 7) is 5.16. The second kappa shape index (κ2) is 10.1.